The van der Waals surface area contributed by atoms with Crippen LogP contribution in [0.4, 0.5) is 0 Å². The number of methoxy groups -OCH3 is 1. The smallest absolute Gasteiger partial charge is 0.311 e. The molecule has 0 spiro atoms. The Bertz CT molecular complexity index is 1990. The van der Waals surface area contributed by atoms with Crippen LogP contribution in [0.5, 0.6) is 0 Å². The molecule has 404 valence electrons. The van der Waals surface area contributed by atoms with Gasteiger partial charge in [-0.1, -0.05) is 51.5 Å². The first-order valence-corrected chi connectivity index (χ1v) is 26.0. The van der Waals surface area contributed by atoms with Gasteiger partial charge in [0.1, 0.15) is 41.6 Å². The van der Waals surface area contributed by atoms with E-state index in [0.29, 0.717) is 31.8 Å². The van der Waals surface area contributed by atoms with E-state index in [1.165, 1.54) is 14.0 Å². The number of Topliss-reactive ketones (excluding diaryl/α,β-unsaturated/α-hetero) is 1. The van der Waals surface area contributed by atoms with Crippen LogP contribution in [0.1, 0.15) is 139 Å². The molecule has 0 aliphatic carbocycles. The number of H-pyrrole nitrogens is 1. The van der Waals surface area contributed by atoms with Gasteiger partial charge in [-0.2, -0.15) is 5.10 Å². The standard InChI is InChI=1S/C53H89N5O13/c1-15-40-53(11,65)45(61)35(7)57(12)28-30(2)26-51(9,64)47(33(5)44(34(6)49(63)69-40)70-42-27-52(10,66-14)46(62)36(8)68-42)71-50-43(60)39(25-32(4)67-50)58(13)29-37-21-23-38(24-22-37)48-54-41(55-56-48)20-18-16-17-19-31(3)59/h21-24,30,32-36,39-40,42-47,50,60-62,64-65H,15-20,25-29H2,1-14H3,(H,54,55,56)/t30-,32-,33+,34-,35-,36+,39+,40-,42+,43-,44+,45-,46+,47-,50+,51-,52-,53-/m1/s1. The maximum atomic E-state index is 14.5. The highest BCUT2D eigenvalue weighted by Crippen LogP contribution is 2.40. The van der Waals surface area contributed by atoms with Crippen LogP contribution < -0.4 is 0 Å². The molecule has 6 N–H and O–H groups in total. The Hall–Kier alpha value is -2.98. The van der Waals surface area contributed by atoms with Gasteiger partial charge in [0.05, 0.1) is 41.5 Å². The lowest BCUT2D eigenvalue weighted by atomic mass is 9.77. The van der Waals surface area contributed by atoms with E-state index < -0.39 is 102 Å². The zero-order valence-electron chi connectivity index (χ0n) is 45.0. The zero-order chi connectivity index (χ0) is 52.7. The van der Waals surface area contributed by atoms with Crippen molar-refractivity contribution in [3.05, 3.63) is 35.7 Å². The Morgan fingerprint density at radius 3 is 2.27 bits per heavy atom. The number of aliphatic hydroxyl groups is 5. The molecule has 18 nitrogen and oxygen atoms in total. The Kier molecular flexibility index (Phi) is 20.8. The molecule has 1 aromatic heterocycles. The van der Waals surface area contributed by atoms with E-state index in [1.807, 2.05) is 64.0 Å². The number of likely N-dealkylation sites (N-methyl/N-ethyl adjacent to an activating group) is 2. The van der Waals surface area contributed by atoms with Crippen LogP contribution in [0.3, 0.4) is 0 Å². The van der Waals surface area contributed by atoms with Gasteiger partial charge in [-0.15, -0.1) is 0 Å². The second kappa shape index (κ2) is 25.0. The number of cyclic esters (lactones) is 1. The number of unbranched alkanes of at least 4 members (excludes halogenated alkanes) is 2. The van der Waals surface area contributed by atoms with Crippen LogP contribution in [0, 0.1) is 17.8 Å². The van der Waals surface area contributed by atoms with Gasteiger partial charge in [-0.3, -0.25) is 14.8 Å². The molecule has 3 aliphatic rings. The van der Waals surface area contributed by atoms with Crippen molar-refractivity contribution >= 4 is 11.8 Å². The lowest BCUT2D eigenvalue weighted by molar-refractivity contribution is -0.318. The van der Waals surface area contributed by atoms with Gasteiger partial charge in [0, 0.05) is 63.0 Å². The van der Waals surface area contributed by atoms with Crippen LogP contribution in [0.25, 0.3) is 11.4 Å². The summed E-state index contributed by atoms with van der Waals surface area (Å²) in [4.78, 5) is 34.5. The van der Waals surface area contributed by atoms with Crippen molar-refractivity contribution in [3.8, 4) is 11.4 Å². The van der Waals surface area contributed by atoms with Gasteiger partial charge in [0.2, 0.25) is 0 Å². The molecule has 2 aromatic rings. The highest BCUT2D eigenvalue weighted by Gasteiger charge is 2.53. The first-order chi connectivity index (χ1) is 33.2. The first kappa shape index (κ1) is 58.9. The van der Waals surface area contributed by atoms with E-state index in [1.54, 1.807) is 48.5 Å². The number of rotatable bonds is 16. The molecule has 5 rings (SSSR count). The number of aliphatic hydroxyl groups excluding tert-OH is 3. The Balaban J connectivity index is 1.43. The molecule has 3 saturated heterocycles. The van der Waals surface area contributed by atoms with Gasteiger partial charge >= 0.3 is 5.97 Å². The zero-order valence-corrected chi connectivity index (χ0v) is 45.0. The number of carbonyl (C=O) groups is 2. The largest absolute Gasteiger partial charge is 0.459 e. The van der Waals surface area contributed by atoms with Gasteiger partial charge < -0.3 is 63.6 Å². The molecule has 0 unspecified atom stereocenters. The highest BCUT2D eigenvalue weighted by molar-refractivity contribution is 5.75. The molecule has 3 fully saturated rings. The van der Waals surface area contributed by atoms with E-state index >= 15 is 0 Å². The van der Waals surface area contributed by atoms with E-state index in [-0.39, 0.29) is 37.1 Å². The Morgan fingerprint density at radius 2 is 1.63 bits per heavy atom. The number of nitrogens with zero attached hydrogens (tertiary/aromatic N) is 4. The maximum absolute atomic E-state index is 14.5. The van der Waals surface area contributed by atoms with E-state index in [0.717, 1.165) is 42.6 Å². The predicted octanol–water partition coefficient (Wildman–Crippen LogP) is 4.95. The third kappa shape index (κ3) is 14.7. The number of aryl methyl sites for hydroxylation is 1. The number of nitrogens with one attached hydrogen (secondary N) is 1. The minimum Gasteiger partial charge on any atom is -0.459 e. The average Bonchev–Trinajstić information content (AvgIpc) is 3.78. The Labute approximate surface area is 422 Å². The normalized spacial score (nSPS) is 39.4. The fraction of sp³-hybridized carbons (Fsp3) is 0.811. The lowest BCUT2D eigenvalue weighted by Crippen LogP contribution is -2.60. The molecule has 3 aliphatic heterocycles. The molecule has 4 heterocycles. The maximum Gasteiger partial charge on any atom is 0.311 e. The molecular weight excluding hydrogens is 915 g/mol. The number of ketones is 1. The summed E-state index contributed by atoms with van der Waals surface area (Å²) in [6.45, 7) is 20.1. The summed E-state index contributed by atoms with van der Waals surface area (Å²) >= 11 is 0. The molecule has 1 aromatic carbocycles. The highest BCUT2D eigenvalue weighted by atomic mass is 16.7. The SMILES string of the molecule is CC[C@H]1OC(=O)[C@H](C)[C@@H](O[C@H]2C[C@@](C)(OC)[C@@H](O)[C@H](C)O2)[C@H](C)[C@@H](O[C@@H]2O[C@H](C)C[C@H](N(C)Cc3ccc(-c4n[nH]c(CCCCCC(C)=O)n4)cc3)[C@H]2O)[C@](C)(O)C[C@@H](C)CN(C)[C@H](C)[C@@H](O)[C@]1(C)O. The molecule has 0 saturated carbocycles. The van der Waals surface area contributed by atoms with E-state index in [4.69, 9.17) is 33.4 Å². The van der Waals surface area contributed by atoms with Crippen molar-refractivity contribution in [2.24, 2.45) is 17.8 Å². The number of aromatic amines is 1. The van der Waals surface area contributed by atoms with Crippen LogP contribution in [0.2, 0.25) is 0 Å². The number of esters is 1. The van der Waals surface area contributed by atoms with Gasteiger partial charge in [-0.05, 0) is 113 Å². The minimum atomic E-state index is -1.84. The summed E-state index contributed by atoms with van der Waals surface area (Å²) in [6, 6.07) is 7.01. The quantitative estimate of drug-likeness (QED) is 0.0964. The molecule has 0 amide bonds. The van der Waals surface area contributed by atoms with Crippen LogP contribution in [-0.4, -0.2) is 180 Å². The number of benzene rings is 1. The van der Waals surface area contributed by atoms with E-state index in [2.05, 4.69) is 15.1 Å². The van der Waals surface area contributed by atoms with Crippen molar-refractivity contribution in [2.75, 3.05) is 27.7 Å². The van der Waals surface area contributed by atoms with Crippen molar-refractivity contribution in [3.63, 3.8) is 0 Å². The van der Waals surface area contributed by atoms with Crippen molar-refractivity contribution in [1.82, 2.24) is 25.0 Å². The van der Waals surface area contributed by atoms with Gasteiger partial charge in [-0.25, -0.2) is 4.98 Å². The fourth-order valence-electron chi connectivity index (χ4n) is 11.2. The topological polar surface area (TPSA) is 239 Å². The van der Waals surface area contributed by atoms with Crippen LogP contribution in [0.15, 0.2) is 24.3 Å². The molecule has 18 atom stereocenters. The summed E-state index contributed by atoms with van der Waals surface area (Å²) in [5.41, 5.74) is -2.65. The number of hydrogen-bond acceptors (Lipinski definition) is 17. The number of hydrogen-bond donors (Lipinski definition) is 6. The number of carbonyl (C=O) groups excluding carboxylic acids is 2. The average molecular weight is 1000 g/mol. The van der Waals surface area contributed by atoms with Crippen LogP contribution >= 0.6 is 0 Å². The minimum absolute atomic E-state index is 0.103. The summed E-state index contributed by atoms with van der Waals surface area (Å²) in [5, 5.41) is 67.2. The van der Waals surface area contributed by atoms with Crippen molar-refractivity contribution in [2.45, 2.75) is 231 Å². The van der Waals surface area contributed by atoms with Crippen LogP contribution in [-0.2, 0) is 51.0 Å². The molecule has 18 heteroatoms. The van der Waals surface area contributed by atoms with Gasteiger partial charge in [0.25, 0.3) is 0 Å². The molecule has 71 heavy (non-hydrogen) atoms. The molecular formula is C53H89N5O13. The molecule has 0 bridgehead atoms. The summed E-state index contributed by atoms with van der Waals surface area (Å²) in [6.07, 6.45) is -4.93. The predicted molar refractivity (Wildman–Crippen MR) is 267 cm³/mol. The van der Waals surface area contributed by atoms with Crippen molar-refractivity contribution in [1.29, 1.82) is 0 Å². The second-order valence-corrected chi connectivity index (χ2v) is 22.2. The van der Waals surface area contributed by atoms with E-state index in [9.17, 15) is 35.1 Å². The number of ether oxygens (including phenoxy) is 6. The Morgan fingerprint density at radius 1 is 0.958 bits per heavy atom. The summed E-state index contributed by atoms with van der Waals surface area (Å²) in [7, 11) is 5.29. The molecule has 0 radical (unpaired) electrons. The monoisotopic (exact) mass is 1000 g/mol. The third-order valence-electron chi connectivity index (χ3n) is 15.7. The fourth-order valence-corrected chi connectivity index (χ4v) is 11.2. The first-order valence-electron chi connectivity index (χ1n) is 26.0. The number of aromatic nitrogens is 3. The third-order valence-corrected chi connectivity index (χ3v) is 15.7. The summed E-state index contributed by atoms with van der Waals surface area (Å²) < 4.78 is 38.4. The lowest BCUT2D eigenvalue weighted by Gasteiger charge is -2.49. The van der Waals surface area contributed by atoms with Gasteiger partial charge in [0.15, 0.2) is 18.4 Å². The summed E-state index contributed by atoms with van der Waals surface area (Å²) in [5.74, 6) is -1.15. The second-order valence-electron chi connectivity index (χ2n) is 22.2. The van der Waals surface area contributed by atoms with Crippen molar-refractivity contribution < 1.29 is 63.5 Å².